The molecular weight excluding hydrogens is 282 g/mol. The van der Waals surface area contributed by atoms with E-state index in [1.54, 1.807) is 7.11 Å². The van der Waals surface area contributed by atoms with E-state index in [2.05, 4.69) is 21.0 Å². The smallest absolute Gasteiger partial charge is 0.248 e. The summed E-state index contributed by atoms with van der Waals surface area (Å²) in [5, 5.41) is 8.06. The maximum absolute atomic E-state index is 11.9. The summed E-state index contributed by atoms with van der Waals surface area (Å²) in [6.07, 6.45) is 1.00. The molecule has 0 saturated carbocycles. The number of hydrogen-bond donors (Lipinski definition) is 1. The van der Waals surface area contributed by atoms with Gasteiger partial charge in [0.05, 0.1) is 17.9 Å². The van der Waals surface area contributed by atoms with Crippen molar-refractivity contribution in [2.24, 2.45) is 0 Å². The quantitative estimate of drug-likeness (QED) is 0.825. The Hall–Kier alpha value is -1.44. The molecule has 1 saturated heterocycles. The lowest BCUT2D eigenvalue weighted by molar-refractivity contribution is -0.135. The van der Waals surface area contributed by atoms with Gasteiger partial charge in [0.2, 0.25) is 5.91 Å². The fraction of sp³-hybridized carbons (Fsp3) is 0.733. The highest BCUT2D eigenvalue weighted by atomic mass is 16.5. The van der Waals surface area contributed by atoms with Crippen molar-refractivity contribution in [1.82, 2.24) is 24.9 Å². The molecule has 3 rings (SSSR count). The Morgan fingerprint density at radius 3 is 3.05 bits per heavy atom. The van der Waals surface area contributed by atoms with Crippen molar-refractivity contribution < 1.29 is 9.53 Å². The molecule has 0 radical (unpaired) electrons. The Morgan fingerprint density at radius 2 is 2.23 bits per heavy atom. The van der Waals surface area contributed by atoms with E-state index in [1.165, 1.54) is 5.69 Å². The third kappa shape index (κ3) is 3.66. The number of methoxy groups -OCH3 is 1. The number of hydrogen-bond acceptors (Lipinski definition) is 5. The number of nitrogens with one attached hydrogen (secondary N) is 1. The number of aromatic nitrogens is 2. The SMILES string of the molecule is COCC(=O)N1CCCN(Cc2cc3n(n2)CCNC3)CC1. The van der Waals surface area contributed by atoms with E-state index in [1.807, 2.05) is 4.90 Å². The predicted octanol–water partition coefficient (Wildman–Crippen LogP) is -0.333. The number of rotatable bonds is 4. The average Bonchev–Trinajstić information content (AvgIpc) is 2.77. The maximum atomic E-state index is 11.9. The van der Waals surface area contributed by atoms with Gasteiger partial charge in [-0.1, -0.05) is 0 Å². The van der Waals surface area contributed by atoms with Gasteiger partial charge in [0.1, 0.15) is 6.61 Å². The molecule has 0 unspecified atom stereocenters. The highest BCUT2D eigenvalue weighted by molar-refractivity contribution is 5.77. The van der Waals surface area contributed by atoms with E-state index in [0.717, 1.165) is 64.5 Å². The Balaban J connectivity index is 1.55. The van der Waals surface area contributed by atoms with Crippen LogP contribution < -0.4 is 5.32 Å². The molecule has 0 atom stereocenters. The Bertz CT molecular complexity index is 493. The Kier molecular flexibility index (Phi) is 5.07. The second kappa shape index (κ2) is 7.21. The van der Waals surface area contributed by atoms with Gasteiger partial charge in [-0.3, -0.25) is 14.4 Å². The molecule has 122 valence electrons. The van der Waals surface area contributed by atoms with Gasteiger partial charge in [-0.2, -0.15) is 5.10 Å². The van der Waals surface area contributed by atoms with Crippen LogP contribution in [0.3, 0.4) is 0 Å². The summed E-state index contributed by atoms with van der Waals surface area (Å²) < 4.78 is 7.05. The molecule has 3 heterocycles. The summed E-state index contributed by atoms with van der Waals surface area (Å²) in [6.45, 7) is 7.41. The van der Waals surface area contributed by atoms with Gasteiger partial charge in [0, 0.05) is 52.9 Å². The number of ether oxygens (including phenoxy) is 1. The van der Waals surface area contributed by atoms with E-state index in [0.29, 0.717) is 0 Å². The summed E-state index contributed by atoms with van der Waals surface area (Å²) in [7, 11) is 1.57. The second-order valence-electron chi connectivity index (χ2n) is 5.97. The first kappa shape index (κ1) is 15.5. The first-order valence-electron chi connectivity index (χ1n) is 8.01. The van der Waals surface area contributed by atoms with Crippen LogP contribution in [0.1, 0.15) is 17.8 Å². The molecule has 0 aromatic carbocycles. The molecule has 1 N–H and O–H groups in total. The number of nitrogens with zero attached hydrogens (tertiary/aromatic N) is 4. The topological polar surface area (TPSA) is 62.6 Å². The molecule has 1 aromatic heterocycles. The zero-order valence-electron chi connectivity index (χ0n) is 13.3. The van der Waals surface area contributed by atoms with Crippen LogP contribution in [-0.2, 0) is 29.2 Å². The van der Waals surface area contributed by atoms with Crippen LogP contribution in [0.15, 0.2) is 6.07 Å². The number of amides is 1. The molecule has 0 spiro atoms. The van der Waals surface area contributed by atoms with Crippen molar-refractivity contribution in [2.45, 2.75) is 26.1 Å². The first-order chi connectivity index (χ1) is 10.8. The molecular formula is C15H25N5O2. The van der Waals surface area contributed by atoms with Crippen molar-refractivity contribution in [3.63, 3.8) is 0 Å². The van der Waals surface area contributed by atoms with Crippen LogP contribution >= 0.6 is 0 Å². The van der Waals surface area contributed by atoms with Crippen molar-refractivity contribution in [3.05, 3.63) is 17.5 Å². The van der Waals surface area contributed by atoms with E-state index in [9.17, 15) is 4.79 Å². The summed E-state index contributed by atoms with van der Waals surface area (Å²) >= 11 is 0. The molecule has 2 aliphatic rings. The highest BCUT2D eigenvalue weighted by Gasteiger charge is 2.20. The summed E-state index contributed by atoms with van der Waals surface area (Å²) in [4.78, 5) is 16.2. The second-order valence-corrected chi connectivity index (χ2v) is 5.97. The number of fused-ring (bicyclic) bond motifs is 1. The molecule has 22 heavy (non-hydrogen) atoms. The van der Waals surface area contributed by atoms with Gasteiger partial charge in [0.15, 0.2) is 0 Å². The van der Waals surface area contributed by atoms with Gasteiger partial charge in [-0.05, 0) is 12.5 Å². The van der Waals surface area contributed by atoms with Crippen LogP contribution in [0.25, 0.3) is 0 Å². The van der Waals surface area contributed by atoms with Crippen molar-refractivity contribution in [2.75, 3.05) is 46.4 Å². The van der Waals surface area contributed by atoms with Crippen molar-refractivity contribution in [1.29, 1.82) is 0 Å². The molecule has 7 heteroatoms. The van der Waals surface area contributed by atoms with Crippen molar-refractivity contribution >= 4 is 5.91 Å². The van der Waals surface area contributed by atoms with Gasteiger partial charge in [0.25, 0.3) is 0 Å². The average molecular weight is 307 g/mol. The maximum Gasteiger partial charge on any atom is 0.248 e. The molecule has 0 aliphatic carbocycles. The predicted molar refractivity (Wildman–Crippen MR) is 82.3 cm³/mol. The van der Waals surface area contributed by atoms with Crippen LogP contribution in [0, 0.1) is 0 Å². The third-order valence-electron chi connectivity index (χ3n) is 4.32. The van der Waals surface area contributed by atoms with E-state index in [4.69, 9.17) is 9.84 Å². The standard InChI is InChI=1S/C15H25N5O2/c1-22-12-15(21)19-5-2-4-18(7-8-19)11-13-9-14-10-16-3-6-20(14)17-13/h9,16H,2-8,10-12H2,1H3. The minimum atomic E-state index is 0.0906. The van der Waals surface area contributed by atoms with E-state index in [-0.39, 0.29) is 12.5 Å². The van der Waals surface area contributed by atoms with Gasteiger partial charge in [-0.15, -0.1) is 0 Å². The summed E-state index contributed by atoms with van der Waals surface area (Å²) in [5.41, 5.74) is 2.41. The van der Waals surface area contributed by atoms with Gasteiger partial charge < -0.3 is 15.0 Å². The van der Waals surface area contributed by atoms with Crippen molar-refractivity contribution in [3.8, 4) is 0 Å². The van der Waals surface area contributed by atoms with E-state index >= 15 is 0 Å². The van der Waals surface area contributed by atoms with Crippen LogP contribution in [0.4, 0.5) is 0 Å². The largest absolute Gasteiger partial charge is 0.375 e. The first-order valence-corrected chi connectivity index (χ1v) is 8.01. The number of carbonyl (C=O) groups excluding carboxylic acids is 1. The zero-order chi connectivity index (χ0) is 15.4. The Labute approximate surface area is 131 Å². The highest BCUT2D eigenvalue weighted by Crippen LogP contribution is 2.12. The zero-order valence-corrected chi connectivity index (χ0v) is 13.3. The third-order valence-corrected chi connectivity index (χ3v) is 4.32. The minimum absolute atomic E-state index is 0.0906. The lowest BCUT2D eigenvalue weighted by Crippen LogP contribution is -2.37. The summed E-state index contributed by atoms with van der Waals surface area (Å²) in [6, 6.07) is 2.20. The molecule has 0 bridgehead atoms. The monoisotopic (exact) mass is 307 g/mol. The van der Waals surface area contributed by atoms with E-state index < -0.39 is 0 Å². The molecule has 1 aromatic rings. The van der Waals surface area contributed by atoms with Crippen LogP contribution in [0.2, 0.25) is 0 Å². The lowest BCUT2D eigenvalue weighted by atomic mass is 10.3. The molecule has 2 aliphatic heterocycles. The normalized spacial score (nSPS) is 19.8. The molecule has 1 amide bonds. The van der Waals surface area contributed by atoms with Crippen LogP contribution in [0.5, 0.6) is 0 Å². The fourth-order valence-electron chi connectivity index (χ4n) is 3.15. The molecule has 1 fully saturated rings. The minimum Gasteiger partial charge on any atom is -0.375 e. The Morgan fingerprint density at radius 1 is 1.32 bits per heavy atom. The molecule has 7 nitrogen and oxygen atoms in total. The van der Waals surface area contributed by atoms with Gasteiger partial charge >= 0.3 is 0 Å². The van der Waals surface area contributed by atoms with Crippen LogP contribution in [-0.4, -0.2) is 71.9 Å². The number of carbonyl (C=O) groups is 1. The fourth-order valence-corrected chi connectivity index (χ4v) is 3.15. The summed E-state index contributed by atoms with van der Waals surface area (Å²) in [5.74, 6) is 0.0906. The lowest BCUT2D eigenvalue weighted by Gasteiger charge is -2.21. The van der Waals surface area contributed by atoms with Gasteiger partial charge in [-0.25, -0.2) is 0 Å².